The summed E-state index contributed by atoms with van der Waals surface area (Å²) in [5, 5.41) is 44.4. The summed E-state index contributed by atoms with van der Waals surface area (Å²) >= 11 is 0. The Bertz CT molecular complexity index is 2320. The number of para-hydroxylation sites is 3. The molecule has 10 rings (SSSR count). The SMILES string of the molecule is N#Cc1ccccc1C1CC2NC(C1)N(c1ccccc1)C1CC(c3ccccc3C#N)CC(N1)N(c1ccccc1)C1CC(c3ccccc3C#N)CC(N1)N2c1ccccc1. The van der Waals surface area contributed by atoms with Crippen molar-refractivity contribution in [1.29, 1.82) is 15.8 Å². The molecular weight excluding hydrogens is 775 g/mol. The monoisotopic (exact) mass is 825 g/mol. The van der Waals surface area contributed by atoms with Crippen LogP contribution in [0.25, 0.3) is 0 Å². The molecule has 0 spiro atoms. The highest BCUT2D eigenvalue weighted by molar-refractivity contribution is 5.55. The summed E-state index contributed by atoms with van der Waals surface area (Å²) in [6.45, 7) is 0. The first-order valence-electron chi connectivity index (χ1n) is 22.4. The van der Waals surface area contributed by atoms with E-state index in [0.29, 0.717) is 16.7 Å². The molecule has 4 heterocycles. The van der Waals surface area contributed by atoms with Crippen LogP contribution >= 0.6 is 0 Å². The van der Waals surface area contributed by atoms with Crippen molar-refractivity contribution in [1.82, 2.24) is 16.0 Å². The first-order valence-corrected chi connectivity index (χ1v) is 22.4. The molecular formula is C54H51N9. The number of nitrogens with zero attached hydrogens (tertiary/aromatic N) is 6. The highest BCUT2D eigenvalue weighted by atomic mass is 15.5. The molecule has 6 unspecified atom stereocenters. The van der Waals surface area contributed by atoms with E-state index in [-0.39, 0.29) is 54.7 Å². The Morgan fingerprint density at radius 2 is 0.540 bits per heavy atom. The number of hydrogen-bond donors (Lipinski definition) is 3. The van der Waals surface area contributed by atoms with Gasteiger partial charge < -0.3 is 14.7 Å². The van der Waals surface area contributed by atoms with Crippen molar-refractivity contribution in [3.05, 3.63) is 197 Å². The summed E-state index contributed by atoms with van der Waals surface area (Å²) < 4.78 is 0. The van der Waals surface area contributed by atoms with Gasteiger partial charge in [-0.2, -0.15) is 15.8 Å². The van der Waals surface area contributed by atoms with E-state index in [0.717, 1.165) is 72.3 Å². The van der Waals surface area contributed by atoms with E-state index < -0.39 is 0 Å². The van der Waals surface area contributed by atoms with Gasteiger partial charge in [0.25, 0.3) is 0 Å². The van der Waals surface area contributed by atoms with E-state index in [4.69, 9.17) is 0 Å². The number of anilines is 3. The Morgan fingerprint density at radius 3 is 0.778 bits per heavy atom. The molecule has 6 aromatic carbocycles. The largest absolute Gasteiger partial charge is 0.340 e. The second-order valence-electron chi connectivity index (χ2n) is 17.4. The van der Waals surface area contributed by atoms with Gasteiger partial charge in [-0.25, -0.2) is 0 Å². The minimum absolute atomic E-state index is 0.0577. The lowest BCUT2D eigenvalue weighted by atomic mass is 9.80. The molecule has 6 atom stereocenters. The number of nitrogens with one attached hydrogen (secondary N) is 3. The summed E-state index contributed by atoms with van der Waals surface area (Å²) in [4.78, 5) is 7.72. The lowest BCUT2D eigenvalue weighted by molar-refractivity contribution is 0.165. The maximum atomic E-state index is 10.5. The van der Waals surface area contributed by atoms with Crippen LogP contribution in [0.4, 0.5) is 17.1 Å². The number of piperidine rings is 3. The van der Waals surface area contributed by atoms with Crippen LogP contribution in [0.3, 0.4) is 0 Å². The summed E-state index contributed by atoms with van der Waals surface area (Å²) in [6.07, 6.45) is 3.71. The van der Waals surface area contributed by atoms with E-state index in [1.165, 1.54) is 0 Å². The van der Waals surface area contributed by atoms with Crippen LogP contribution in [0, 0.1) is 34.0 Å². The van der Waals surface area contributed by atoms with E-state index in [1.807, 2.05) is 36.4 Å². The van der Waals surface area contributed by atoms with Crippen molar-refractivity contribution in [3.63, 3.8) is 0 Å². The quantitative estimate of drug-likeness (QED) is 0.151. The minimum atomic E-state index is -0.156. The number of benzene rings is 6. The van der Waals surface area contributed by atoms with Crippen LogP contribution in [0.1, 0.15) is 89.7 Å². The minimum Gasteiger partial charge on any atom is -0.340 e. The normalized spacial score (nSPS) is 26.8. The third-order valence-corrected chi connectivity index (χ3v) is 13.9. The first kappa shape index (κ1) is 40.2. The lowest BCUT2D eigenvalue weighted by Crippen LogP contribution is -2.73. The third kappa shape index (κ3) is 7.91. The Hall–Kier alpha value is -6.93. The Kier molecular flexibility index (Phi) is 11.4. The summed E-state index contributed by atoms with van der Waals surface area (Å²) in [5.41, 5.74) is 8.69. The fraction of sp³-hybridized carbons (Fsp3) is 0.278. The number of fused-ring (bicyclic) bond motifs is 6. The molecule has 312 valence electrons. The van der Waals surface area contributed by atoms with Gasteiger partial charge in [-0.05, 0) is 128 Å². The number of rotatable bonds is 6. The maximum absolute atomic E-state index is 10.5. The Balaban J connectivity index is 1.21. The van der Waals surface area contributed by atoms with Gasteiger partial charge in [0.2, 0.25) is 0 Å². The zero-order valence-corrected chi connectivity index (χ0v) is 35.2. The van der Waals surface area contributed by atoms with E-state index >= 15 is 0 Å². The fourth-order valence-electron chi connectivity index (χ4n) is 11.3. The van der Waals surface area contributed by atoms with Crippen molar-refractivity contribution >= 4 is 17.1 Å². The van der Waals surface area contributed by atoms with E-state index in [9.17, 15) is 15.8 Å². The molecule has 0 saturated carbocycles. The van der Waals surface area contributed by atoms with Crippen LogP contribution in [0.5, 0.6) is 0 Å². The van der Waals surface area contributed by atoms with Crippen LogP contribution in [-0.4, -0.2) is 37.0 Å². The highest BCUT2D eigenvalue weighted by Crippen LogP contribution is 2.45. The molecule has 4 aliphatic heterocycles. The predicted molar refractivity (Wildman–Crippen MR) is 248 cm³/mol. The Morgan fingerprint density at radius 1 is 0.317 bits per heavy atom. The number of nitriles is 3. The fourth-order valence-corrected chi connectivity index (χ4v) is 11.3. The van der Waals surface area contributed by atoms with Crippen molar-refractivity contribution in [2.75, 3.05) is 14.7 Å². The van der Waals surface area contributed by atoms with Gasteiger partial charge in [0.05, 0.1) is 71.9 Å². The Labute approximate surface area is 370 Å². The average Bonchev–Trinajstić information content (AvgIpc) is 3.35. The molecule has 0 aromatic heterocycles. The van der Waals surface area contributed by atoms with Crippen molar-refractivity contribution in [3.8, 4) is 18.2 Å². The van der Waals surface area contributed by atoms with E-state index in [2.05, 4.69) is 176 Å². The molecule has 4 saturated heterocycles. The second-order valence-corrected chi connectivity index (χ2v) is 17.4. The van der Waals surface area contributed by atoms with Crippen LogP contribution in [0.15, 0.2) is 164 Å². The van der Waals surface area contributed by atoms with Gasteiger partial charge in [-0.3, -0.25) is 16.0 Å². The van der Waals surface area contributed by atoms with Crippen LogP contribution in [0.2, 0.25) is 0 Å². The van der Waals surface area contributed by atoms with Gasteiger partial charge in [0, 0.05) is 17.1 Å². The molecule has 9 heteroatoms. The summed E-state index contributed by atoms with van der Waals surface area (Å²) in [6, 6.07) is 64.3. The molecule has 4 aliphatic rings. The van der Waals surface area contributed by atoms with Crippen LogP contribution in [-0.2, 0) is 0 Å². The van der Waals surface area contributed by atoms with Gasteiger partial charge in [0.15, 0.2) is 0 Å². The molecule has 0 amide bonds. The zero-order valence-electron chi connectivity index (χ0n) is 35.2. The second kappa shape index (κ2) is 17.8. The average molecular weight is 826 g/mol. The summed E-state index contributed by atoms with van der Waals surface area (Å²) in [5.74, 6) is 0.173. The van der Waals surface area contributed by atoms with E-state index in [1.54, 1.807) is 0 Å². The standard InChI is InChI=1S/C54H51N9/c55-34-37-16-10-13-25-46(37)40-28-49-58-51(30-40)62(44-21-6-2-7-22-44)53-32-42(48-27-15-12-18-39(48)36-57)33-54(60-53)63(45-23-8-3-9-24-45)52-31-41(47-26-14-11-17-38(47)35-56)29-50(59-52)61(49)43-19-4-1-5-20-43/h1-27,40-42,49-54,58-60H,28-33H2. The van der Waals surface area contributed by atoms with Crippen molar-refractivity contribution in [2.45, 2.75) is 93.3 Å². The predicted octanol–water partition coefficient (Wildman–Crippen LogP) is 9.59. The van der Waals surface area contributed by atoms with Gasteiger partial charge in [-0.15, -0.1) is 0 Å². The van der Waals surface area contributed by atoms with Gasteiger partial charge in [-0.1, -0.05) is 109 Å². The van der Waals surface area contributed by atoms with Gasteiger partial charge in [0.1, 0.15) is 0 Å². The molecule has 3 N–H and O–H groups in total. The molecule has 6 aromatic rings. The van der Waals surface area contributed by atoms with Crippen LogP contribution < -0.4 is 30.7 Å². The zero-order chi connectivity index (χ0) is 42.7. The van der Waals surface area contributed by atoms with Gasteiger partial charge >= 0.3 is 0 Å². The molecule has 4 fully saturated rings. The molecule has 0 radical (unpaired) electrons. The molecule has 63 heavy (non-hydrogen) atoms. The topological polar surface area (TPSA) is 117 Å². The number of hydrogen-bond acceptors (Lipinski definition) is 9. The molecule has 6 bridgehead atoms. The molecule has 0 aliphatic carbocycles. The lowest BCUT2D eigenvalue weighted by Gasteiger charge is -2.57. The summed E-state index contributed by atoms with van der Waals surface area (Å²) in [7, 11) is 0. The highest BCUT2D eigenvalue weighted by Gasteiger charge is 2.47. The van der Waals surface area contributed by atoms with Crippen molar-refractivity contribution in [2.24, 2.45) is 0 Å². The first-order chi connectivity index (χ1) is 31.1. The maximum Gasteiger partial charge on any atom is 0.0994 e. The molecule has 9 nitrogen and oxygen atoms in total. The third-order valence-electron chi connectivity index (χ3n) is 13.9. The van der Waals surface area contributed by atoms with Crippen molar-refractivity contribution < 1.29 is 0 Å². The smallest absolute Gasteiger partial charge is 0.0994 e.